The van der Waals surface area contributed by atoms with E-state index in [0.29, 0.717) is 5.65 Å². The second kappa shape index (κ2) is 4.94. The van der Waals surface area contributed by atoms with Gasteiger partial charge in [-0.05, 0) is 0 Å². The van der Waals surface area contributed by atoms with Gasteiger partial charge in [-0.15, -0.1) is 0 Å². The van der Waals surface area contributed by atoms with Gasteiger partial charge in [0.05, 0.1) is 19.3 Å². The number of aliphatic hydroxyl groups is 2. The fourth-order valence-electron chi connectivity index (χ4n) is 2.40. The van der Waals surface area contributed by atoms with Crippen LogP contribution in [0.1, 0.15) is 6.23 Å². The van der Waals surface area contributed by atoms with E-state index in [2.05, 4.69) is 15.0 Å². The summed E-state index contributed by atoms with van der Waals surface area (Å²) in [6, 6.07) is 0. The Hall–Kier alpha value is -1.81. The molecular weight excluding hydrogens is 268 g/mol. The molecule has 0 aliphatic carbocycles. The van der Waals surface area contributed by atoms with Crippen molar-refractivity contribution >= 4 is 11.2 Å². The Kier molecular flexibility index (Phi) is 3.26. The Morgan fingerprint density at radius 2 is 2.35 bits per heavy atom. The van der Waals surface area contributed by atoms with Crippen LogP contribution in [0, 0.1) is 0 Å². The van der Waals surface area contributed by atoms with E-state index in [9.17, 15) is 15.0 Å². The number of imidazole rings is 1. The third-order valence-electron chi connectivity index (χ3n) is 3.40. The van der Waals surface area contributed by atoms with E-state index in [1.807, 2.05) is 0 Å². The van der Waals surface area contributed by atoms with Crippen LogP contribution in [0.3, 0.4) is 0 Å². The summed E-state index contributed by atoms with van der Waals surface area (Å²) in [5, 5.41) is 19.2. The molecule has 0 aromatic carbocycles. The van der Waals surface area contributed by atoms with Crippen LogP contribution in [0.2, 0.25) is 0 Å². The molecule has 0 saturated carbocycles. The monoisotopic (exact) mass is 282 g/mol. The Labute approximate surface area is 112 Å². The van der Waals surface area contributed by atoms with Crippen molar-refractivity contribution < 1.29 is 19.7 Å². The van der Waals surface area contributed by atoms with Crippen molar-refractivity contribution in [2.75, 3.05) is 13.7 Å². The quantitative estimate of drug-likeness (QED) is 0.618. The summed E-state index contributed by atoms with van der Waals surface area (Å²) in [6.07, 6.45) is -0.480. The average molecular weight is 282 g/mol. The first-order valence-electron chi connectivity index (χ1n) is 6.04. The first kappa shape index (κ1) is 13.2. The van der Waals surface area contributed by atoms with Gasteiger partial charge in [0.15, 0.2) is 17.4 Å². The number of fused-ring (bicyclic) bond motifs is 1. The number of nitrogens with one attached hydrogen (secondary N) is 1. The van der Waals surface area contributed by atoms with Crippen LogP contribution in [0.25, 0.3) is 11.2 Å². The lowest BCUT2D eigenvalue weighted by Gasteiger charge is -2.19. The second-order valence-electron chi connectivity index (χ2n) is 4.49. The molecule has 0 amide bonds. The number of aliphatic hydroxyl groups excluding tert-OH is 2. The molecule has 1 fully saturated rings. The van der Waals surface area contributed by atoms with Gasteiger partial charge in [0.1, 0.15) is 18.3 Å². The molecule has 0 spiro atoms. The van der Waals surface area contributed by atoms with Crippen LogP contribution >= 0.6 is 0 Å². The zero-order valence-corrected chi connectivity index (χ0v) is 10.6. The Morgan fingerprint density at radius 1 is 1.55 bits per heavy atom. The predicted octanol–water partition coefficient (Wildman–Crippen LogP) is -1.61. The van der Waals surface area contributed by atoms with Gasteiger partial charge in [-0.1, -0.05) is 0 Å². The number of aromatic nitrogens is 4. The Balaban J connectivity index is 2.06. The van der Waals surface area contributed by atoms with E-state index < -0.39 is 24.5 Å². The van der Waals surface area contributed by atoms with Gasteiger partial charge in [0, 0.05) is 7.11 Å². The molecule has 0 radical (unpaired) electrons. The molecule has 9 heteroatoms. The number of ether oxygens (including phenoxy) is 2. The molecule has 0 bridgehead atoms. The first-order valence-corrected chi connectivity index (χ1v) is 6.04. The number of H-pyrrole nitrogens is 1. The summed E-state index contributed by atoms with van der Waals surface area (Å²) in [5.41, 5.74) is 0.138. The molecular formula is C11H14N4O5. The summed E-state index contributed by atoms with van der Waals surface area (Å²) < 4.78 is 12.3. The van der Waals surface area contributed by atoms with E-state index in [-0.39, 0.29) is 17.7 Å². The van der Waals surface area contributed by atoms with Gasteiger partial charge in [-0.2, -0.15) is 0 Å². The highest BCUT2D eigenvalue weighted by Gasteiger charge is 2.45. The highest BCUT2D eigenvalue weighted by molar-refractivity contribution is 5.68. The van der Waals surface area contributed by atoms with Crippen LogP contribution in [-0.4, -0.2) is 61.8 Å². The third kappa shape index (κ3) is 1.83. The fourth-order valence-corrected chi connectivity index (χ4v) is 2.40. The standard InChI is InChI=1S/C11H14N4O5/c1-19-8-7(17)5(2-16)20-11(8)15-4-14-6-9(15)12-3-13-10(6)18/h3-5,7-8,11,16-17H,2H2,1H3,(H,12,13,18)/t5-,7-,8-,11-/m0/s1. The van der Waals surface area contributed by atoms with E-state index in [1.165, 1.54) is 24.3 Å². The van der Waals surface area contributed by atoms with Crippen molar-refractivity contribution in [1.29, 1.82) is 0 Å². The minimum atomic E-state index is -0.977. The fraction of sp³-hybridized carbons (Fsp3) is 0.545. The van der Waals surface area contributed by atoms with Crippen LogP contribution in [0.15, 0.2) is 17.4 Å². The summed E-state index contributed by atoms with van der Waals surface area (Å²) in [6.45, 7) is -0.335. The van der Waals surface area contributed by atoms with Crippen LogP contribution < -0.4 is 5.56 Å². The molecule has 3 heterocycles. The zero-order valence-electron chi connectivity index (χ0n) is 10.6. The maximum atomic E-state index is 11.6. The second-order valence-corrected chi connectivity index (χ2v) is 4.49. The number of aromatic amines is 1. The van der Waals surface area contributed by atoms with Gasteiger partial charge in [-0.25, -0.2) is 9.97 Å². The van der Waals surface area contributed by atoms with Crippen LogP contribution in [0.5, 0.6) is 0 Å². The smallest absolute Gasteiger partial charge is 0.278 e. The van der Waals surface area contributed by atoms with Crippen molar-refractivity contribution in [2.24, 2.45) is 0 Å². The molecule has 0 unspecified atom stereocenters. The van der Waals surface area contributed by atoms with E-state index in [1.54, 1.807) is 0 Å². The van der Waals surface area contributed by atoms with Gasteiger partial charge < -0.3 is 24.7 Å². The van der Waals surface area contributed by atoms with Gasteiger partial charge in [-0.3, -0.25) is 9.36 Å². The van der Waals surface area contributed by atoms with Crippen molar-refractivity contribution in [3.63, 3.8) is 0 Å². The molecule has 3 N–H and O–H groups in total. The molecule has 4 atom stereocenters. The largest absolute Gasteiger partial charge is 0.394 e. The summed E-state index contributed by atoms with van der Waals surface area (Å²) in [7, 11) is 1.43. The normalized spacial score (nSPS) is 30.1. The topological polar surface area (TPSA) is 122 Å². The van der Waals surface area contributed by atoms with E-state index >= 15 is 0 Å². The lowest BCUT2D eigenvalue weighted by atomic mass is 10.1. The molecule has 9 nitrogen and oxygen atoms in total. The minimum absolute atomic E-state index is 0.174. The highest BCUT2D eigenvalue weighted by Crippen LogP contribution is 2.32. The number of methoxy groups -OCH3 is 1. The van der Waals surface area contributed by atoms with Crippen molar-refractivity contribution in [3.05, 3.63) is 23.0 Å². The van der Waals surface area contributed by atoms with E-state index in [4.69, 9.17) is 9.47 Å². The zero-order chi connectivity index (χ0) is 14.3. The van der Waals surface area contributed by atoms with Crippen molar-refractivity contribution in [2.45, 2.75) is 24.5 Å². The molecule has 2 aromatic heterocycles. The van der Waals surface area contributed by atoms with Gasteiger partial charge in [0.25, 0.3) is 5.56 Å². The Bertz CT molecular complexity index is 668. The molecule has 20 heavy (non-hydrogen) atoms. The SMILES string of the molecule is CO[C@H]1[C@@H](O)[C@H](CO)O[C@@H]1n1cnc2c(=O)[nH]cnc21. The lowest BCUT2D eigenvalue weighted by molar-refractivity contribution is -0.0583. The average Bonchev–Trinajstić information content (AvgIpc) is 3.00. The van der Waals surface area contributed by atoms with Gasteiger partial charge in [0.2, 0.25) is 0 Å². The lowest BCUT2D eigenvalue weighted by Crippen LogP contribution is -2.34. The molecule has 3 rings (SSSR count). The first-order chi connectivity index (χ1) is 9.67. The number of rotatable bonds is 3. The number of hydrogen-bond donors (Lipinski definition) is 3. The molecule has 1 aliphatic rings. The number of hydrogen-bond acceptors (Lipinski definition) is 7. The Morgan fingerprint density at radius 3 is 3.05 bits per heavy atom. The predicted molar refractivity (Wildman–Crippen MR) is 65.9 cm³/mol. The summed E-state index contributed by atoms with van der Waals surface area (Å²) in [5.74, 6) is 0. The van der Waals surface area contributed by atoms with Crippen molar-refractivity contribution in [3.8, 4) is 0 Å². The third-order valence-corrected chi connectivity index (χ3v) is 3.40. The summed E-state index contributed by atoms with van der Waals surface area (Å²) >= 11 is 0. The maximum absolute atomic E-state index is 11.6. The molecule has 108 valence electrons. The molecule has 1 saturated heterocycles. The summed E-state index contributed by atoms with van der Waals surface area (Å²) in [4.78, 5) is 22.1. The van der Waals surface area contributed by atoms with Crippen LogP contribution in [-0.2, 0) is 9.47 Å². The van der Waals surface area contributed by atoms with Gasteiger partial charge >= 0.3 is 0 Å². The number of nitrogens with zero attached hydrogens (tertiary/aromatic N) is 3. The molecule has 2 aromatic rings. The van der Waals surface area contributed by atoms with Crippen molar-refractivity contribution in [1.82, 2.24) is 19.5 Å². The highest BCUT2D eigenvalue weighted by atomic mass is 16.6. The van der Waals surface area contributed by atoms with E-state index in [0.717, 1.165) is 0 Å². The maximum Gasteiger partial charge on any atom is 0.278 e. The van der Waals surface area contributed by atoms with Crippen LogP contribution in [0.4, 0.5) is 0 Å². The molecule has 1 aliphatic heterocycles. The minimum Gasteiger partial charge on any atom is -0.394 e.